The predicted octanol–water partition coefficient (Wildman–Crippen LogP) is 5.84. The van der Waals surface area contributed by atoms with E-state index in [0.29, 0.717) is 62.2 Å². The van der Waals surface area contributed by atoms with Gasteiger partial charge in [-0.2, -0.15) is 0 Å². The van der Waals surface area contributed by atoms with Crippen LogP contribution in [0.4, 0.5) is 19.7 Å². The van der Waals surface area contributed by atoms with E-state index in [0.717, 1.165) is 75.1 Å². The van der Waals surface area contributed by atoms with Crippen LogP contribution < -0.4 is 20.7 Å². The fourth-order valence-electron chi connectivity index (χ4n) is 8.07. The topological polar surface area (TPSA) is 130 Å². The Morgan fingerprint density at radius 1 is 0.929 bits per heavy atom. The lowest BCUT2D eigenvalue weighted by Crippen LogP contribution is -2.58. The lowest BCUT2D eigenvalue weighted by atomic mass is 9.88. The molecule has 3 saturated heterocycles. The minimum Gasteiger partial charge on any atom is -0.493 e. The van der Waals surface area contributed by atoms with Gasteiger partial charge in [0.25, 0.3) is 0 Å². The predicted molar refractivity (Wildman–Crippen MR) is 213 cm³/mol. The molecule has 56 heavy (non-hydrogen) atoms. The summed E-state index contributed by atoms with van der Waals surface area (Å²) in [5.74, 6) is 0.0326. The number of primary amides is 1. The highest BCUT2D eigenvalue weighted by Gasteiger charge is 2.37. The molecule has 0 aromatic heterocycles. The van der Waals surface area contributed by atoms with Gasteiger partial charge in [0.2, 0.25) is 5.91 Å². The molecule has 0 radical (unpaired) electrons. The Labute approximate surface area is 334 Å². The van der Waals surface area contributed by atoms with E-state index in [9.17, 15) is 18.8 Å². The molecular weight excluding hydrogens is 739 g/mol. The Morgan fingerprint density at radius 3 is 2.43 bits per heavy atom. The van der Waals surface area contributed by atoms with Gasteiger partial charge in [0.05, 0.1) is 13.2 Å². The standard InChI is InChI=1S/C42H54ClFN6O6/c1-2-54-38-12-6-11-36(44)35(38)28-48-22-24-49(25-23-48)40(51)39(46-42(53)55-29-30-8-4-3-5-9-30)31-15-19-47(20-16-31)21-17-32-26-33(43)13-14-37(32)50-18-7-10-34(27-50)56-41(45)52/h3-6,8-9,11-14,26,31,34,39H,2,7,10,15-25,27-29H2,1H3,(H2,45,52)(H,46,53)/t34-,39-/m1/s1. The van der Waals surface area contributed by atoms with Crippen LogP contribution in [-0.4, -0.2) is 110 Å². The highest BCUT2D eigenvalue weighted by Crippen LogP contribution is 2.30. The largest absolute Gasteiger partial charge is 0.493 e. The number of amides is 3. The van der Waals surface area contributed by atoms with E-state index in [2.05, 4.69) is 20.0 Å². The lowest BCUT2D eigenvalue weighted by molar-refractivity contribution is -0.137. The number of piperazine rings is 1. The number of anilines is 1. The molecule has 0 saturated carbocycles. The number of likely N-dealkylation sites (tertiary alicyclic amines) is 1. The van der Waals surface area contributed by atoms with Gasteiger partial charge < -0.3 is 40.0 Å². The van der Waals surface area contributed by atoms with Gasteiger partial charge in [0.1, 0.15) is 30.3 Å². The number of nitrogens with one attached hydrogen (secondary N) is 1. The number of nitrogens with zero attached hydrogens (tertiary/aromatic N) is 4. The first kappa shape index (κ1) is 41.1. The Balaban J connectivity index is 1.07. The quantitative estimate of drug-likeness (QED) is 0.207. The van der Waals surface area contributed by atoms with Crippen LogP contribution in [0, 0.1) is 11.7 Å². The highest BCUT2D eigenvalue weighted by molar-refractivity contribution is 6.30. The van der Waals surface area contributed by atoms with Crippen LogP contribution in [0.5, 0.6) is 5.75 Å². The summed E-state index contributed by atoms with van der Waals surface area (Å²) in [6.45, 7) is 8.62. The molecule has 3 aromatic carbocycles. The second kappa shape index (κ2) is 20.0. The van der Waals surface area contributed by atoms with E-state index in [1.54, 1.807) is 12.1 Å². The number of carbonyl (C=O) groups is 3. The summed E-state index contributed by atoms with van der Waals surface area (Å²) in [5, 5.41) is 3.63. The number of alkyl carbamates (subject to hydrolysis) is 1. The highest BCUT2D eigenvalue weighted by atomic mass is 35.5. The minimum atomic E-state index is -0.754. The Hall–Kier alpha value is -4.59. The van der Waals surface area contributed by atoms with Crippen molar-refractivity contribution in [3.8, 4) is 5.75 Å². The van der Waals surface area contributed by atoms with E-state index >= 15 is 0 Å². The number of halogens is 2. The summed E-state index contributed by atoms with van der Waals surface area (Å²) in [6.07, 6.45) is 2.27. The van der Waals surface area contributed by atoms with Gasteiger partial charge in [-0.25, -0.2) is 14.0 Å². The first-order valence-electron chi connectivity index (χ1n) is 19.8. The molecule has 302 valence electrons. The van der Waals surface area contributed by atoms with E-state index in [4.69, 9.17) is 31.5 Å². The van der Waals surface area contributed by atoms with E-state index < -0.39 is 18.2 Å². The Morgan fingerprint density at radius 2 is 1.70 bits per heavy atom. The van der Waals surface area contributed by atoms with Crippen molar-refractivity contribution < 1.29 is 33.0 Å². The van der Waals surface area contributed by atoms with Gasteiger partial charge in [0.15, 0.2) is 0 Å². The normalized spacial score (nSPS) is 18.9. The number of rotatable bonds is 14. The van der Waals surface area contributed by atoms with Crippen LogP contribution in [0.3, 0.4) is 0 Å². The lowest BCUT2D eigenvalue weighted by Gasteiger charge is -2.40. The summed E-state index contributed by atoms with van der Waals surface area (Å²) in [6, 6.07) is 19.5. The van der Waals surface area contributed by atoms with Crippen molar-refractivity contribution >= 4 is 35.4 Å². The average Bonchev–Trinajstić information content (AvgIpc) is 3.20. The second-order valence-corrected chi connectivity index (χ2v) is 15.2. The molecule has 3 aliphatic heterocycles. The van der Waals surface area contributed by atoms with Crippen LogP contribution in [-0.2, 0) is 33.8 Å². The first-order valence-corrected chi connectivity index (χ1v) is 20.1. The van der Waals surface area contributed by atoms with Crippen molar-refractivity contribution in [1.29, 1.82) is 0 Å². The van der Waals surface area contributed by atoms with Gasteiger partial charge >= 0.3 is 12.2 Å². The maximum absolute atomic E-state index is 14.8. The summed E-state index contributed by atoms with van der Waals surface area (Å²) >= 11 is 6.47. The molecule has 3 N–H and O–H groups in total. The third-order valence-corrected chi connectivity index (χ3v) is 11.3. The van der Waals surface area contributed by atoms with Crippen molar-refractivity contribution in [3.63, 3.8) is 0 Å². The van der Waals surface area contributed by atoms with E-state index in [1.807, 2.05) is 60.4 Å². The van der Waals surface area contributed by atoms with Gasteiger partial charge in [-0.05, 0) is 99.5 Å². The third kappa shape index (κ3) is 11.3. The van der Waals surface area contributed by atoms with Crippen molar-refractivity contribution in [1.82, 2.24) is 20.0 Å². The fourth-order valence-corrected chi connectivity index (χ4v) is 8.27. The summed E-state index contributed by atoms with van der Waals surface area (Å²) in [4.78, 5) is 47.4. The first-order chi connectivity index (χ1) is 27.2. The third-order valence-electron chi connectivity index (χ3n) is 11.0. The molecule has 3 heterocycles. The van der Waals surface area contributed by atoms with Crippen LogP contribution in [0.1, 0.15) is 49.3 Å². The number of benzene rings is 3. The Kier molecular flexibility index (Phi) is 14.7. The fraction of sp³-hybridized carbons (Fsp3) is 0.500. The van der Waals surface area contributed by atoms with Gasteiger partial charge in [-0.15, -0.1) is 0 Å². The second-order valence-electron chi connectivity index (χ2n) is 14.8. The molecule has 3 aliphatic rings. The number of hydrogen-bond acceptors (Lipinski definition) is 9. The summed E-state index contributed by atoms with van der Waals surface area (Å²) in [5.41, 5.74) is 8.89. The molecule has 3 amide bonds. The SMILES string of the molecule is CCOc1cccc(F)c1CN1CCN(C(=O)[C@H](NC(=O)OCc2ccccc2)C2CCN(CCc3cc(Cl)ccc3N3CCC[C@@H](OC(N)=O)C3)CC2)CC1. The molecule has 2 atom stereocenters. The molecule has 0 aliphatic carbocycles. The zero-order valence-corrected chi connectivity index (χ0v) is 32.9. The van der Waals surface area contributed by atoms with Gasteiger partial charge in [-0.1, -0.05) is 48.0 Å². The maximum Gasteiger partial charge on any atom is 0.408 e. The van der Waals surface area contributed by atoms with Crippen LogP contribution in [0.2, 0.25) is 5.02 Å². The van der Waals surface area contributed by atoms with Crippen LogP contribution in [0.25, 0.3) is 0 Å². The monoisotopic (exact) mass is 792 g/mol. The number of nitrogens with two attached hydrogens (primary N) is 1. The van der Waals surface area contributed by atoms with Crippen molar-refractivity contribution in [2.45, 2.75) is 64.3 Å². The molecule has 14 heteroatoms. The number of hydrogen-bond donors (Lipinski definition) is 2. The van der Waals surface area contributed by atoms with Crippen molar-refractivity contribution in [2.24, 2.45) is 11.7 Å². The van der Waals surface area contributed by atoms with Crippen molar-refractivity contribution in [3.05, 3.63) is 94.3 Å². The molecule has 0 bridgehead atoms. The van der Waals surface area contributed by atoms with E-state index in [-0.39, 0.29) is 30.4 Å². The van der Waals surface area contributed by atoms with E-state index in [1.165, 1.54) is 6.07 Å². The molecule has 12 nitrogen and oxygen atoms in total. The molecule has 3 fully saturated rings. The maximum atomic E-state index is 14.8. The number of ether oxygens (including phenoxy) is 3. The minimum absolute atomic E-state index is 0.0783. The van der Waals surface area contributed by atoms with Crippen LogP contribution >= 0.6 is 11.6 Å². The molecular formula is C42H54ClFN6O6. The van der Waals surface area contributed by atoms with Gasteiger partial charge in [0, 0.05) is 62.1 Å². The summed E-state index contributed by atoms with van der Waals surface area (Å²) < 4.78 is 31.4. The molecule has 6 rings (SSSR count). The average molecular weight is 793 g/mol. The van der Waals surface area contributed by atoms with Gasteiger partial charge in [-0.3, -0.25) is 9.69 Å². The van der Waals surface area contributed by atoms with Crippen LogP contribution in [0.15, 0.2) is 66.7 Å². The zero-order valence-electron chi connectivity index (χ0n) is 32.2. The smallest absolute Gasteiger partial charge is 0.408 e. The summed E-state index contributed by atoms with van der Waals surface area (Å²) in [7, 11) is 0. The number of piperidine rings is 2. The molecule has 0 unspecified atom stereocenters. The van der Waals surface area contributed by atoms with Crippen molar-refractivity contribution in [2.75, 3.05) is 70.4 Å². The number of carbonyl (C=O) groups excluding carboxylic acids is 3. The Bertz CT molecular complexity index is 1770. The molecule has 3 aromatic rings. The zero-order chi connectivity index (χ0) is 39.4. The molecule has 0 spiro atoms.